The molecule has 100 valence electrons. The van der Waals surface area contributed by atoms with Crippen molar-refractivity contribution in [2.75, 3.05) is 5.32 Å². The molecule has 0 saturated heterocycles. The van der Waals surface area contributed by atoms with E-state index in [1.165, 1.54) is 0 Å². The number of aromatic nitrogens is 2. The molecule has 0 atom stereocenters. The first kappa shape index (κ1) is 13.2. The summed E-state index contributed by atoms with van der Waals surface area (Å²) in [5, 5.41) is 14.4. The number of fused-ring (bicyclic) bond motifs is 1. The molecule has 0 aliphatic rings. The summed E-state index contributed by atoms with van der Waals surface area (Å²) in [6.45, 7) is 0.650. The zero-order valence-electron chi connectivity index (χ0n) is 10.5. The average molecular weight is 304 g/mol. The van der Waals surface area contributed by atoms with Crippen LogP contribution in [0.3, 0.4) is 0 Å². The molecule has 20 heavy (non-hydrogen) atoms. The van der Waals surface area contributed by atoms with Crippen LogP contribution in [0.5, 0.6) is 0 Å². The summed E-state index contributed by atoms with van der Waals surface area (Å²) in [7, 11) is 0. The van der Waals surface area contributed by atoms with E-state index < -0.39 is 0 Å². The van der Waals surface area contributed by atoms with E-state index in [4.69, 9.17) is 23.2 Å². The van der Waals surface area contributed by atoms with Gasteiger partial charge in [-0.1, -0.05) is 59.6 Å². The fraction of sp³-hybridized carbons (Fsp3) is 0.0667. The Hall–Kier alpha value is -1.84. The monoisotopic (exact) mass is 303 g/mol. The molecule has 0 spiro atoms. The van der Waals surface area contributed by atoms with Crippen molar-refractivity contribution < 1.29 is 0 Å². The van der Waals surface area contributed by atoms with Gasteiger partial charge in [-0.15, -0.1) is 10.2 Å². The highest BCUT2D eigenvalue weighted by atomic mass is 35.5. The van der Waals surface area contributed by atoms with Crippen molar-refractivity contribution in [2.24, 2.45) is 0 Å². The highest BCUT2D eigenvalue weighted by Gasteiger charge is 2.06. The smallest absolute Gasteiger partial charge is 0.159 e. The van der Waals surface area contributed by atoms with Crippen LogP contribution in [0, 0.1) is 0 Å². The average Bonchev–Trinajstić information content (AvgIpc) is 2.49. The van der Waals surface area contributed by atoms with Crippen LogP contribution in [0.2, 0.25) is 10.2 Å². The number of rotatable bonds is 3. The predicted molar refractivity (Wildman–Crippen MR) is 83.3 cm³/mol. The molecule has 0 fully saturated rings. The van der Waals surface area contributed by atoms with Gasteiger partial charge in [0.2, 0.25) is 0 Å². The lowest BCUT2D eigenvalue weighted by Gasteiger charge is -2.08. The normalized spacial score (nSPS) is 10.7. The second kappa shape index (κ2) is 5.65. The van der Waals surface area contributed by atoms with Gasteiger partial charge in [-0.05, 0) is 17.7 Å². The van der Waals surface area contributed by atoms with Gasteiger partial charge < -0.3 is 5.32 Å². The Morgan fingerprint density at radius 3 is 2.30 bits per heavy atom. The molecule has 1 N–H and O–H groups in total. The van der Waals surface area contributed by atoms with Gasteiger partial charge in [0.25, 0.3) is 0 Å². The lowest BCUT2D eigenvalue weighted by Crippen LogP contribution is -2.03. The lowest BCUT2D eigenvalue weighted by atomic mass is 10.2. The zero-order chi connectivity index (χ0) is 13.9. The van der Waals surface area contributed by atoms with Crippen LogP contribution in [0.25, 0.3) is 10.8 Å². The number of benzene rings is 2. The molecule has 2 aromatic carbocycles. The van der Waals surface area contributed by atoms with Crippen molar-refractivity contribution in [1.29, 1.82) is 0 Å². The van der Waals surface area contributed by atoms with E-state index in [9.17, 15) is 0 Å². The van der Waals surface area contributed by atoms with Crippen molar-refractivity contribution in [3.05, 3.63) is 64.3 Å². The molecule has 0 saturated carbocycles. The van der Waals surface area contributed by atoms with E-state index in [0.717, 1.165) is 27.2 Å². The van der Waals surface area contributed by atoms with E-state index in [-0.39, 0.29) is 0 Å². The Bertz CT molecular complexity index is 742. The Kier molecular flexibility index (Phi) is 3.72. The first-order valence-electron chi connectivity index (χ1n) is 6.13. The van der Waals surface area contributed by atoms with Gasteiger partial charge in [-0.3, -0.25) is 0 Å². The molecule has 3 rings (SSSR count). The van der Waals surface area contributed by atoms with Gasteiger partial charge in [0.15, 0.2) is 11.0 Å². The van der Waals surface area contributed by atoms with Crippen molar-refractivity contribution in [3.8, 4) is 0 Å². The molecule has 5 heteroatoms. The highest BCUT2D eigenvalue weighted by Crippen LogP contribution is 2.25. The van der Waals surface area contributed by atoms with E-state index >= 15 is 0 Å². The standard InChI is InChI=1S/C15H11Cl2N3/c16-11-7-5-10(6-8-11)9-18-15-13-4-2-1-3-12(13)14(17)19-20-15/h1-8H,9H2,(H,18,20). The second-order valence-corrected chi connectivity index (χ2v) is 5.16. The number of hydrogen-bond donors (Lipinski definition) is 1. The third-order valence-corrected chi connectivity index (χ3v) is 3.55. The molecule has 1 aromatic heterocycles. The number of nitrogens with zero attached hydrogens (tertiary/aromatic N) is 2. The quantitative estimate of drug-likeness (QED) is 0.771. The first-order valence-corrected chi connectivity index (χ1v) is 6.89. The van der Waals surface area contributed by atoms with Crippen molar-refractivity contribution in [3.63, 3.8) is 0 Å². The molecule has 3 aromatic rings. The van der Waals surface area contributed by atoms with Gasteiger partial charge in [-0.2, -0.15) is 0 Å². The summed E-state index contributed by atoms with van der Waals surface area (Å²) in [4.78, 5) is 0. The third kappa shape index (κ3) is 2.69. The first-order chi connectivity index (χ1) is 9.74. The summed E-state index contributed by atoms with van der Waals surface area (Å²) in [6, 6.07) is 15.5. The van der Waals surface area contributed by atoms with Crippen LogP contribution >= 0.6 is 23.2 Å². The van der Waals surface area contributed by atoms with Crippen LogP contribution in [0.4, 0.5) is 5.82 Å². The summed E-state index contributed by atoms with van der Waals surface area (Å²) in [6.07, 6.45) is 0. The lowest BCUT2D eigenvalue weighted by molar-refractivity contribution is 1.02. The van der Waals surface area contributed by atoms with Gasteiger partial charge >= 0.3 is 0 Å². The van der Waals surface area contributed by atoms with E-state index in [2.05, 4.69) is 15.5 Å². The fourth-order valence-electron chi connectivity index (χ4n) is 1.99. The Labute approximate surface area is 126 Å². The van der Waals surface area contributed by atoms with E-state index in [1.54, 1.807) is 0 Å². The Morgan fingerprint density at radius 2 is 1.55 bits per heavy atom. The van der Waals surface area contributed by atoms with Crippen molar-refractivity contribution in [2.45, 2.75) is 6.54 Å². The summed E-state index contributed by atoms with van der Waals surface area (Å²) in [5.74, 6) is 0.722. The van der Waals surface area contributed by atoms with Crippen molar-refractivity contribution >= 4 is 39.8 Å². The molecule has 0 bridgehead atoms. The molecular formula is C15H11Cl2N3. The fourth-order valence-corrected chi connectivity index (χ4v) is 2.32. The number of hydrogen-bond acceptors (Lipinski definition) is 3. The molecule has 0 unspecified atom stereocenters. The summed E-state index contributed by atoms with van der Waals surface area (Å²) in [5.41, 5.74) is 1.12. The van der Waals surface area contributed by atoms with Gasteiger partial charge in [-0.25, -0.2) is 0 Å². The zero-order valence-corrected chi connectivity index (χ0v) is 12.0. The molecule has 0 aliphatic carbocycles. The molecule has 0 amide bonds. The maximum absolute atomic E-state index is 6.05. The Morgan fingerprint density at radius 1 is 0.850 bits per heavy atom. The predicted octanol–water partition coefficient (Wildman–Crippen LogP) is 4.55. The molecule has 3 nitrogen and oxygen atoms in total. The minimum atomic E-state index is 0.414. The summed E-state index contributed by atoms with van der Waals surface area (Å²) >= 11 is 11.9. The van der Waals surface area contributed by atoms with Gasteiger partial charge in [0, 0.05) is 22.3 Å². The SMILES string of the molecule is Clc1ccc(CNc2nnc(Cl)c3ccccc23)cc1. The van der Waals surface area contributed by atoms with Crippen LogP contribution in [-0.4, -0.2) is 10.2 Å². The molecule has 1 heterocycles. The largest absolute Gasteiger partial charge is 0.364 e. The van der Waals surface area contributed by atoms with Crippen LogP contribution < -0.4 is 5.32 Å². The molecule has 0 radical (unpaired) electrons. The molecular weight excluding hydrogens is 293 g/mol. The number of anilines is 1. The maximum Gasteiger partial charge on any atom is 0.159 e. The van der Waals surface area contributed by atoms with Crippen LogP contribution in [-0.2, 0) is 6.54 Å². The van der Waals surface area contributed by atoms with Crippen molar-refractivity contribution in [1.82, 2.24) is 10.2 Å². The number of nitrogens with one attached hydrogen (secondary N) is 1. The molecule has 0 aliphatic heterocycles. The Balaban J connectivity index is 1.88. The van der Waals surface area contributed by atoms with Gasteiger partial charge in [0.1, 0.15) is 0 Å². The highest BCUT2D eigenvalue weighted by molar-refractivity contribution is 6.34. The topological polar surface area (TPSA) is 37.8 Å². The van der Waals surface area contributed by atoms with Crippen LogP contribution in [0.1, 0.15) is 5.56 Å². The minimum absolute atomic E-state index is 0.414. The minimum Gasteiger partial charge on any atom is -0.364 e. The van der Waals surface area contributed by atoms with E-state index in [0.29, 0.717) is 11.7 Å². The third-order valence-electron chi connectivity index (χ3n) is 3.02. The number of halogens is 2. The van der Waals surface area contributed by atoms with Crippen LogP contribution in [0.15, 0.2) is 48.5 Å². The summed E-state index contributed by atoms with van der Waals surface area (Å²) < 4.78 is 0. The van der Waals surface area contributed by atoms with Gasteiger partial charge in [0.05, 0.1) is 0 Å². The van der Waals surface area contributed by atoms with E-state index in [1.807, 2.05) is 48.5 Å². The maximum atomic E-state index is 6.05. The second-order valence-electron chi connectivity index (χ2n) is 4.37.